The Morgan fingerprint density at radius 2 is 1.87 bits per heavy atom. The number of hydrogen-bond donors (Lipinski definition) is 2. The van der Waals surface area contributed by atoms with Crippen LogP contribution in [0.4, 0.5) is 4.79 Å². The zero-order chi connectivity index (χ0) is 23.2. The maximum absolute atomic E-state index is 12.6. The Balaban J connectivity index is 2.14. The molecule has 9 nitrogen and oxygen atoms in total. The summed E-state index contributed by atoms with van der Waals surface area (Å²) in [6.45, 7) is 7.92. The average molecular weight is 435 g/mol. The fourth-order valence-corrected chi connectivity index (χ4v) is 2.61. The molecule has 1 heterocycles. The predicted octanol–water partition coefficient (Wildman–Crippen LogP) is 3.13. The van der Waals surface area contributed by atoms with Gasteiger partial charge < -0.3 is 29.4 Å². The predicted molar refractivity (Wildman–Crippen MR) is 110 cm³/mol. The monoisotopic (exact) mass is 435 g/mol. The van der Waals surface area contributed by atoms with E-state index in [9.17, 15) is 19.5 Å². The number of hydrogen-bond acceptors (Lipinski definition) is 8. The van der Waals surface area contributed by atoms with Gasteiger partial charge in [0.15, 0.2) is 0 Å². The number of carbonyl (C=O) groups excluding carboxylic acids is 3. The van der Waals surface area contributed by atoms with E-state index in [0.717, 1.165) is 5.56 Å². The van der Waals surface area contributed by atoms with Gasteiger partial charge >= 0.3 is 18.0 Å². The minimum Gasteiger partial charge on any atom is -0.512 e. The van der Waals surface area contributed by atoms with Crippen LogP contribution in [-0.2, 0) is 35.1 Å². The first-order valence-electron chi connectivity index (χ1n) is 9.85. The second-order valence-corrected chi connectivity index (χ2v) is 8.50. The molecule has 0 unspecified atom stereocenters. The molecule has 0 bridgehead atoms. The molecule has 2 rings (SSSR count). The van der Waals surface area contributed by atoms with E-state index >= 15 is 0 Å². The second kappa shape index (κ2) is 9.82. The van der Waals surface area contributed by atoms with Gasteiger partial charge in [-0.25, -0.2) is 14.4 Å². The summed E-state index contributed by atoms with van der Waals surface area (Å²) in [5.41, 5.74) is -0.178. The lowest BCUT2D eigenvalue weighted by Crippen LogP contribution is -2.45. The number of aliphatic hydroxyl groups excluding tert-OH is 1. The van der Waals surface area contributed by atoms with E-state index in [1.165, 1.54) is 0 Å². The first-order valence-corrected chi connectivity index (χ1v) is 9.85. The third-order valence-electron chi connectivity index (χ3n) is 4.09. The molecule has 1 aromatic rings. The van der Waals surface area contributed by atoms with Crippen molar-refractivity contribution in [1.82, 2.24) is 5.32 Å². The van der Waals surface area contributed by atoms with Crippen molar-refractivity contribution >= 4 is 18.0 Å². The minimum atomic E-state index is -1.30. The molecule has 0 spiro atoms. The molecule has 2 N–H and O–H groups in total. The van der Waals surface area contributed by atoms with Gasteiger partial charge in [0.25, 0.3) is 0 Å². The number of alkyl carbamates (subject to hydrolysis) is 1. The van der Waals surface area contributed by atoms with Crippen molar-refractivity contribution in [3.05, 3.63) is 47.2 Å². The molecule has 1 fully saturated rings. The van der Waals surface area contributed by atoms with E-state index in [1.54, 1.807) is 58.9 Å². The molecule has 1 aliphatic heterocycles. The summed E-state index contributed by atoms with van der Waals surface area (Å²) in [6, 6.07) is 7.68. The normalized spacial score (nSPS) is 18.4. The fraction of sp³-hybridized carbons (Fsp3) is 0.500. The maximum atomic E-state index is 12.6. The largest absolute Gasteiger partial charge is 0.512 e. The molecule has 1 aromatic carbocycles. The topological polar surface area (TPSA) is 120 Å². The van der Waals surface area contributed by atoms with Gasteiger partial charge in [-0.15, -0.1) is 0 Å². The lowest BCUT2D eigenvalue weighted by molar-refractivity contribution is -0.224. The minimum absolute atomic E-state index is 0.0250. The van der Waals surface area contributed by atoms with Crippen molar-refractivity contribution in [2.45, 2.75) is 65.1 Å². The summed E-state index contributed by atoms with van der Waals surface area (Å²) >= 11 is 0. The Bertz CT molecular complexity index is 839. The molecule has 0 saturated carbocycles. The summed E-state index contributed by atoms with van der Waals surface area (Å²) in [5, 5.41) is 12.9. The van der Waals surface area contributed by atoms with Crippen LogP contribution in [0.15, 0.2) is 41.7 Å². The van der Waals surface area contributed by atoms with E-state index in [0.29, 0.717) is 0 Å². The Kier molecular flexibility index (Phi) is 7.67. The molecule has 9 heteroatoms. The summed E-state index contributed by atoms with van der Waals surface area (Å²) < 4.78 is 20.9. The van der Waals surface area contributed by atoms with Crippen molar-refractivity contribution in [3.8, 4) is 0 Å². The smallest absolute Gasteiger partial charge is 0.408 e. The third kappa shape index (κ3) is 7.93. The first kappa shape index (κ1) is 24.2. The highest BCUT2D eigenvalue weighted by Crippen LogP contribution is 2.24. The Morgan fingerprint density at radius 3 is 2.45 bits per heavy atom. The average Bonchev–Trinajstić information content (AvgIpc) is 2.64. The molecular weight excluding hydrogens is 406 g/mol. The second-order valence-electron chi connectivity index (χ2n) is 8.50. The van der Waals surface area contributed by atoms with Crippen LogP contribution in [0.1, 0.15) is 46.6 Å². The van der Waals surface area contributed by atoms with Gasteiger partial charge in [-0.2, -0.15) is 0 Å². The summed E-state index contributed by atoms with van der Waals surface area (Å²) in [5.74, 6) is -3.13. The fourth-order valence-electron chi connectivity index (χ4n) is 2.61. The van der Waals surface area contributed by atoms with E-state index in [2.05, 4.69) is 5.32 Å². The number of nitrogens with one attached hydrogen (secondary N) is 1. The van der Waals surface area contributed by atoms with Crippen molar-refractivity contribution < 1.29 is 38.4 Å². The van der Waals surface area contributed by atoms with Crippen LogP contribution in [0.5, 0.6) is 0 Å². The lowest BCUT2D eigenvalue weighted by atomic mass is 10.1. The molecule has 170 valence electrons. The molecule has 0 aliphatic carbocycles. The summed E-state index contributed by atoms with van der Waals surface area (Å²) in [6.07, 6.45) is -1.27. The highest BCUT2D eigenvalue weighted by Gasteiger charge is 2.35. The van der Waals surface area contributed by atoms with Crippen LogP contribution in [0.3, 0.4) is 0 Å². The van der Waals surface area contributed by atoms with Crippen molar-refractivity contribution in [3.63, 3.8) is 0 Å². The van der Waals surface area contributed by atoms with E-state index in [4.69, 9.17) is 18.9 Å². The molecule has 31 heavy (non-hydrogen) atoms. The van der Waals surface area contributed by atoms with Gasteiger partial charge in [0.2, 0.25) is 5.79 Å². The number of aliphatic hydroxyl groups is 1. The third-order valence-corrected chi connectivity index (χ3v) is 4.09. The number of benzene rings is 1. The van der Waals surface area contributed by atoms with Gasteiger partial charge in [-0.3, -0.25) is 0 Å². The van der Waals surface area contributed by atoms with Gasteiger partial charge in [-0.1, -0.05) is 30.3 Å². The van der Waals surface area contributed by atoms with Crippen molar-refractivity contribution in [2.24, 2.45) is 0 Å². The summed E-state index contributed by atoms with van der Waals surface area (Å²) in [7, 11) is 0. The summed E-state index contributed by atoms with van der Waals surface area (Å²) in [4.78, 5) is 37.0. The highest BCUT2D eigenvalue weighted by molar-refractivity contribution is 5.90. The molecule has 0 aromatic heterocycles. The molecule has 1 amide bonds. The molecule has 0 radical (unpaired) electrons. The van der Waals surface area contributed by atoms with Crippen LogP contribution < -0.4 is 5.32 Å². The number of ether oxygens (including phenoxy) is 4. The zero-order valence-electron chi connectivity index (χ0n) is 18.4. The van der Waals surface area contributed by atoms with Gasteiger partial charge in [0, 0.05) is 20.3 Å². The van der Waals surface area contributed by atoms with Crippen molar-refractivity contribution in [2.75, 3.05) is 6.61 Å². The molecule has 1 aliphatic rings. The van der Waals surface area contributed by atoms with Crippen molar-refractivity contribution in [1.29, 1.82) is 0 Å². The molecular formula is C22H29NO8. The van der Waals surface area contributed by atoms with Crippen LogP contribution in [0.2, 0.25) is 0 Å². The zero-order valence-corrected chi connectivity index (χ0v) is 18.4. The molecule has 1 atom stereocenters. The molecule has 1 saturated heterocycles. The Morgan fingerprint density at radius 1 is 1.23 bits per heavy atom. The van der Waals surface area contributed by atoms with E-state index in [-0.39, 0.29) is 18.8 Å². The Labute approximate surface area is 181 Å². The number of esters is 2. The van der Waals surface area contributed by atoms with Gasteiger partial charge in [0.1, 0.15) is 29.6 Å². The van der Waals surface area contributed by atoms with Crippen LogP contribution in [0.25, 0.3) is 0 Å². The van der Waals surface area contributed by atoms with Crippen LogP contribution in [-0.4, -0.2) is 47.2 Å². The van der Waals surface area contributed by atoms with Gasteiger partial charge in [-0.05, 0) is 26.3 Å². The van der Waals surface area contributed by atoms with E-state index < -0.39 is 47.6 Å². The Hall–Kier alpha value is -3.07. The number of rotatable bonds is 6. The number of cyclic esters (lactones) is 1. The highest BCUT2D eigenvalue weighted by atomic mass is 16.7. The SMILES string of the molecule is CC(C)(C)OC(=O)N[C@@H](C/C(O)=C1\COC(C)(C)OC1=O)C(=O)OCc1ccccc1. The van der Waals surface area contributed by atoms with Gasteiger partial charge in [0.05, 0.1) is 6.61 Å². The first-order chi connectivity index (χ1) is 14.4. The lowest BCUT2D eigenvalue weighted by Gasteiger charge is -2.31. The number of amides is 1. The quantitative estimate of drug-likeness (QED) is 0.303. The van der Waals surface area contributed by atoms with E-state index in [1.807, 2.05) is 6.07 Å². The standard InChI is InChI=1S/C22H29NO8/c1-21(2,3)31-20(27)23-16(19(26)28-12-14-9-7-6-8-10-14)11-17(24)15-13-29-22(4,5)30-18(15)25/h6-10,16,24H,11-13H2,1-5H3,(H,23,27)/b17-15-/t16-/m0/s1. The van der Waals surface area contributed by atoms with Crippen LogP contribution >= 0.6 is 0 Å². The van der Waals surface area contributed by atoms with Crippen LogP contribution in [0, 0.1) is 0 Å². The number of carbonyl (C=O) groups is 3. The maximum Gasteiger partial charge on any atom is 0.408 e.